The molecule has 3 rings (SSSR count). The third kappa shape index (κ3) is 2.62. The molecule has 96 valence electrons. The summed E-state index contributed by atoms with van der Waals surface area (Å²) in [5.41, 5.74) is 2.79. The van der Waals surface area contributed by atoms with Gasteiger partial charge in [0.15, 0.2) is 0 Å². The molecular formula is C14H10BrIN2O. The zero-order valence-corrected chi connectivity index (χ0v) is 13.5. The van der Waals surface area contributed by atoms with E-state index >= 15 is 0 Å². The van der Waals surface area contributed by atoms with Crippen LogP contribution >= 0.6 is 38.5 Å². The van der Waals surface area contributed by atoms with Gasteiger partial charge in [-0.1, -0.05) is 22.0 Å². The van der Waals surface area contributed by atoms with Crippen molar-refractivity contribution in [3.63, 3.8) is 0 Å². The third-order valence-corrected chi connectivity index (χ3v) is 4.14. The maximum absolute atomic E-state index is 12.0. The Balaban J connectivity index is 1.94. The maximum atomic E-state index is 12.0. The van der Waals surface area contributed by atoms with Gasteiger partial charge in [0.1, 0.15) is 6.04 Å². The van der Waals surface area contributed by atoms with Gasteiger partial charge in [0, 0.05) is 25.0 Å². The molecule has 0 saturated carbocycles. The van der Waals surface area contributed by atoms with Crippen molar-refractivity contribution in [2.75, 3.05) is 10.6 Å². The Hall–Kier alpha value is -1.08. The summed E-state index contributed by atoms with van der Waals surface area (Å²) in [5, 5.41) is 6.16. The largest absolute Gasteiger partial charge is 0.370 e. The van der Waals surface area contributed by atoms with Gasteiger partial charge in [0.2, 0.25) is 0 Å². The molecule has 19 heavy (non-hydrogen) atoms. The summed E-state index contributed by atoms with van der Waals surface area (Å²) in [6.45, 7) is 0. The number of benzene rings is 2. The van der Waals surface area contributed by atoms with Gasteiger partial charge in [-0.15, -0.1) is 0 Å². The van der Waals surface area contributed by atoms with Crippen molar-refractivity contribution in [2.24, 2.45) is 0 Å². The number of anilines is 2. The first-order valence-corrected chi connectivity index (χ1v) is 7.63. The molecule has 0 radical (unpaired) electrons. The fraction of sp³-hybridized carbons (Fsp3) is 0.0714. The molecule has 5 heteroatoms. The second kappa shape index (κ2) is 5.13. The molecule has 1 aliphatic rings. The van der Waals surface area contributed by atoms with E-state index in [2.05, 4.69) is 49.2 Å². The van der Waals surface area contributed by atoms with Crippen LogP contribution in [0, 0.1) is 3.57 Å². The van der Waals surface area contributed by atoms with E-state index in [-0.39, 0.29) is 11.9 Å². The summed E-state index contributed by atoms with van der Waals surface area (Å²) < 4.78 is 2.10. The molecule has 3 nitrogen and oxygen atoms in total. The molecule has 1 aliphatic heterocycles. The first-order chi connectivity index (χ1) is 9.13. The summed E-state index contributed by atoms with van der Waals surface area (Å²) in [6, 6.07) is 13.4. The average molecular weight is 429 g/mol. The molecule has 0 aliphatic carbocycles. The number of hydrogen-bond acceptors (Lipinski definition) is 2. The van der Waals surface area contributed by atoms with Crippen LogP contribution < -0.4 is 10.6 Å². The molecular weight excluding hydrogens is 419 g/mol. The van der Waals surface area contributed by atoms with Crippen molar-refractivity contribution >= 4 is 55.8 Å². The number of hydrogen-bond donors (Lipinski definition) is 2. The smallest absolute Gasteiger partial charge is 0.251 e. The number of fused-ring (bicyclic) bond motifs is 1. The zero-order valence-electron chi connectivity index (χ0n) is 9.78. The summed E-state index contributed by atoms with van der Waals surface area (Å²) in [6.07, 6.45) is 0. The Labute approximate surface area is 133 Å². The van der Waals surface area contributed by atoms with Crippen molar-refractivity contribution in [2.45, 2.75) is 6.04 Å². The Morgan fingerprint density at radius 3 is 2.84 bits per heavy atom. The lowest BCUT2D eigenvalue weighted by molar-refractivity contribution is -0.116. The first kappa shape index (κ1) is 12.9. The van der Waals surface area contributed by atoms with E-state index in [1.54, 1.807) is 0 Å². The molecule has 0 saturated heterocycles. The van der Waals surface area contributed by atoms with Crippen molar-refractivity contribution in [1.29, 1.82) is 0 Å². The molecule has 2 aromatic carbocycles. The molecule has 0 spiro atoms. The standard InChI is InChI=1S/C14H10BrIN2O/c15-8-4-5-12-11(6-8)13(14(19)18-12)17-10-3-1-2-9(16)7-10/h1-7,13,17H,(H,18,19). The predicted molar refractivity (Wildman–Crippen MR) is 88.3 cm³/mol. The van der Waals surface area contributed by atoms with Gasteiger partial charge in [-0.2, -0.15) is 0 Å². The van der Waals surface area contributed by atoms with Crippen LogP contribution in [0.15, 0.2) is 46.9 Å². The second-order valence-electron chi connectivity index (χ2n) is 4.31. The van der Waals surface area contributed by atoms with Crippen LogP contribution in [0.4, 0.5) is 11.4 Å². The SMILES string of the molecule is O=C1Nc2ccc(Br)cc2C1Nc1cccc(I)c1. The Kier molecular flexibility index (Phi) is 3.49. The van der Waals surface area contributed by atoms with Crippen LogP contribution in [0.3, 0.4) is 0 Å². The molecule has 0 fully saturated rings. The van der Waals surface area contributed by atoms with Crippen LogP contribution in [-0.4, -0.2) is 5.91 Å². The minimum Gasteiger partial charge on any atom is -0.370 e. The van der Waals surface area contributed by atoms with Gasteiger partial charge in [-0.3, -0.25) is 4.79 Å². The molecule has 2 N–H and O–H groups in total. The topological polar surface area (TPSA) is 41.1 Å². The highest BCUT2D eigenvalue weighted by Crippen LogP contribution is 2.35. The van der Waals surface area contributed by atoms with Crippen molar-refractivity contribution in [3.05, 3.63) is 56.1 Å². The fourth-order valence-corrected chi connectivity index (χ4v) is 3.04. The van der Waals surface area contributed by atoms with Crippen molar-refractivity contribution in [1.82, 2.24) is 0 Å². The van der Waals surface area contributed by atoms with Gasteiger partial charge >= 0.3 is 0 Å². The lowest BCUT2D eigenvalue weighted by Crippen LogP contribution is -2.19. The van der Waals surface area contributed by atoms with Crippen LogP contribution in [0.5, 0.6) is 0 Å². The highest BCUT2D eigenvalue weighted by atomic mass is 127. The van der Waals surface area contributed by atoms with E-state index in [9.17, 15) is 4.79 Å². The highest BCUT2D eigenvalue weighted by Gasteiger charge is 2.30. The molecule has 1 unspecified atom stereocenters. The second-order valence-corrected chi connectivity index (χ2v) is 6.47. The monoisotopic (exact) mass is 428 g/mol. The molecule has 0 aromatic heterocycles. The van der Waals surface area contributed by atoms with Gasteiger partial charge in [-0.05, 0) is 59.0 Å². The summed E-state index contributed by atoms with van der Waals surface area (Å²) in [5.74, 6) is -0.0213. The normalized spacial score (nSPS) is 16.9. The van der Waals surface area contributed by atoms with Crippen LogP contribution in [0.1, 0.15) is 11.6 Å². The van der Waals surface area contributed by atoms with E-state index in [4.69, 9.17) is 0 Å². The number of nitrogens with one attached hydrogen (secondary N) is 2. The van der Waals surface area contributed by atoms with Gasteiger partial charge < -0.3 is 10.6 Å². The predicted octanol–water partition coefficient (Wildman–Crippen LogP) is 4.16. The highest BCUT2D eigenvalue weighted by molar-refractivity contribution is 14.1. The Bertz CT molecular complexity index is 660. The maximum Gasteiger partial charge on any atom is 0.251 e. The minimum absolute atomic E-state index is 0.0213. The van der Waals surface area contributed by atoms with Crippen molar-refractivity contribution in [3.8, 4) is 0 Å². The van der Waals surface area contributed by atoms with E-state index < -0.39 is 0 Å². The minimum atomic E-state index is -0.342. The zero-order chi connectivity index (χ0) is 13.4. The van der Waals surface area contributed by atoms with E-state index in [0.717, 1.165) is 25.0 Å². The summed E-state index contributed by atoms with van der Waals surface area (Å²) >= 11 is 5.70. The van der Waals surface area contributed by atoms with E-state index in [1.807, 2.05) is 42.5 Å². The molecule has 1 amide bonds. The number of carbonyl (C=O) groups is 1. The van der Waals surface area contributed by atoms with Crippen LogP contribution in [0.2, 0.25) is 0 Å². The summed E-state index contributed by atoms with van der Waals surface area (Å²) in [4.78, 5) is 12.0. The quantitative estimate of drug-likeness (QED) is 0.705. The lowest BCUT2D eigenvalue weighted by Gasteiger charge is -2.13. The van der Waals surface area contributed by atoms with E-state index in [0.29, 0.717) is 0 Å². The van der Waals surface area contributed by atoms with Crippen LogP contribution in [0.25, 0.3) is 0 Å². The molecule has 2 aromatic rings. The average Bonchev–Trinajstić information content (AvgIpc) is 2.66. The number of halogens is 2. The molecule has 1 heterocycles. The van der Waals surface area contributed by atoms with Gasteiger partial charge in [-0.25, -0.2) is 0 Å². The number of carbonyl (C=O) groups excluding carboxylic acids is 1. The van der Waals surface area contributed by atoms with Crippen molar-refractivity contribution < 1.29 is 4.79 Å². The van der Waals surface area contributed by atoms with Gasteiger partial charge in [0.05, 0.1) is 0 Å². The molecule has 0 bridgehead atoms. The van der Waals surface area contributed by atoms with Gasteiger partial charge in [0.25, 0.3) is 5.91 Å². The third-order valence-electron chi connectivity index (χ3n) is 2.98. The first-order valence-electron chi connectivity index (χ1n) is 5.76. The van der Waals surface area contributed by atoms with Crippen LogP contribution in [-0.2, 0) is 4.79 Å². The molecule has 1 atom stereocenters. The number of rotatable bonds is 2. The van der Waals surface area contributed by atoms with E-state index in [1.165, 1.54) is 0 Å². The Morgan fingerprint density at radius 1 is 1.21 bits per heavy atom. The lowest BCUT2D eigenvalue weighted by atomic mass is 10.1. The fourth-order valence-electron chi connectivity index (χ4n) is 2.12. The Morgan fingerprint density at radius 2 is 2.05 bits per heavy atom. The number of amides is 1. The summed E-state index contributed by atoms with van der Waals surface area (Å²) in [7, 11) is 0.